The van der Waals surface area contributed by atoms with E-state index in [2.05, 4.69) is 17.9 Å². The van der Waals surface area contributed by atoms with Crippen LogP contribution in [-0.2, 0) is 4.79 Å². The standard InChI is InChI=1S/C23H26N2O3/c24-14-19-21(20(15-26)25(19)22(27)18-4-3-5-18)17-8-6-16(7-9-17)10-13-23(28)11-1-2-12-23/h6-9,18-21,26,28H,1-5,11-12,15H2/t19-,20-,21-/m0/s1. The van der Waals surface area contributed by atoms with Gasteiger partial charge in [0.2, 0.25) is 5.91 Å². The maximum Gasteiger partial charge on any atom is 0.227 e. The predicted octanol–water partition coefficient (Wildman–Crippen LogP) is 2.32. The van der Waals surface area contributed by atoms with Gasteiger partial charge in [-0.15, -0.1) is 0 Å². The first-order chi connectivity index (χ1) is 13.6. The number of aliphatic hydroxyl groups is 2. The highest BCUT2D eigenvalue weighted by molar-refractivity contribution is 5.82. The number of likely N-dealkylation sites (tertiary alicyclic amines) is 1. The van der Waals surface area contributed by atoms with E-state index in [0.29, 0.717) is 0 Å². The van der Waals surface area contributed by atoms with Crippen LogP contribution >= 0.6 is 0 Å². The second kappa shape index (κ2) is 7.59. The number of nitriles is 1. The lowest BCUT2D eigenvalue weighted by atomic mass is 9.73. The summed E-state index contributed by atoms with van der Waals surface area (Å²) < 4.78 is 0. The molecule has 5 nitrogen and oxygen atoms in total. The zero-order valence-electron chi connectivity index (χ0n) is 16.0. The average molecular weight is 378 g/mol. The number of amides is 1. The topological polar surface area (TPSA) is 84.6 Å². The minimum Gasteiger partial charge on any atom is -0.394 e. The Morgan fingerprint density at radius 3 is 2.39 bits per heavy atom. The molecule has 146 valence electrons. The van der Waals surface area contributed by atoms with Crippen LogP contribution in [0.2, 0.25) is 0 Å². The highest BCUT2D eigenvalue weighted by Gasteiger charge is 2.53. The van der Waals surface area contributed by atoms with E-state index in [0.717, 1.165) is 56.1 Å². The number of aliphatic hydroxyl groups excluding tert-OH is 1. The van der Waals surface area contributed by atoms with Crippen molar-refractivity contribution < 1.29 is 15.0 Å². The first-order valence-electron chi connectivity index (χ1n) is 10.2. The lowest BCUT2D eigenvalue weighted by molar-refractivity contribution is -0.154. The minimum atomic E-state index is -0.858. The van der Waals surface area contributed by atoms with Gasteiger partial charge in [0.25, 0.3) is 0 Å². The highest BCUT2D eigenvalue weighted by atomic mass is 16.3. The summed E-state index contributed by atoms with van der Waals surface area (Å²) in [5.74, 6) is 5.91. The van der Waals surface area contributed by atoms with Gasteiger partial charge in [-0.05, 0) is 56.2 Å². The van der Waals surface area contributed by atoms with Crippen molar-refractivity contribution in [1.82, 2.24) is 4.90 Å². The van der Waals surface area contributed by atoms with Crippen molar-refractivity contribution in [3.05, 3.63) is 35.4 Å². The molecule has 2 saturated carbocycles. The average Bonchev–Trinajstić information content (AvgIpc) is 3.06. The quantitative estimate of drug-likeness (QED) is 0.791. The third-order valence-electron chi connectivity index (χ3n) is 6.61. The van der Waals surface area contributed by atoms with Crippen LogP contribution < -0.4 is 0 Å². The van der Waals surface area contributed by atoms with Gasteiger partial charge in [-0.1, -0.05) is 30.4 Å². The molecule has 1 aliphatic heterocycles. The van der Waals surface area contributed by atoms with Crippen LogP contribution in [0.5, 0.6) is 0 Å². The van der Waals surface area contributed by atoms with Gasteiger partial charge in [0, 0.05) is 17.4 Å². The fraction of sp³-hybridized carbons (Fsp3) is 0.565. The molecule has 3 aliphatic rings. The van der Waals surface area contributed by atoms with Crippen LogP contribution in [0.1, 0.15) is 62.0 Å². The van der Waals surface area contributed by atoms with E-state index in [9.17, 15) is 20.3 Å². The molecule has 0 bridgehead atoms. The first kappa shape index (κ1) is 19.0. The van der Waals surface area contributed by atoms with Gasteiger partial charge in [0.15, 0.2) is 0 Å². The third-order valence-corrected chi connectivity index (χ3v) is 6.61. The molecular formula is C23H26N2O3. The molecule has 5 heteroatoms. The minimum absolute atomic E-state index is 0.0143. The van der Waals surface area contributed by atoms with Crippen LogP contribution in [0.25, 0.3) is 0 Å². The fourth-order valence-electron chi connectivity index (χ4n) is 4.64. The Bertz CT molecular complexity index is 835. The van der Waals surface area contributed by atoms with Crippen LogP contribution in [0, 0.1) is 29.1 Å². The zero-order valence-corrected chi connectivity index (χ0v) is 16.0. The summed E-state index contributed by atoms with van der Waals surface area (Å²) in [6.07, 6.45) is 6.32. The Hall–Kier alpha value is -2.34. The van der Waals surface area contributed by atoms with E-state index < -0.39 is 11.6 Å². The maximum absolute atomic E-state index is 12.6. The Morgan fingerprint density at radius 1 is 1.18 bits per heavy atom. The summed E-state index contributed by atoms with van der Waals surface area (Å²) in [5, 5.41) is 29.8. The molecule has 1 saturated heterocycles. The van der Waals surface area contributed by atoms with Crippen molar-refractivity contribution in [2.24, 2.45) is 5.92 Å². The molecule has 2 aliphatic carbocycles. The third kappa shape index (κ3) is 3.30. The summed E-state index contributed by atoms with van der Waals surface area (Å²) in [4.78, 5) is 14.2. The Morgan fingerprint density at radius 2 is 1.86 bits per heavy atom. The smallest absolute Gasteiger partial charge is 0.227 e. The van der Waals surface area contributed by atoms with Gasteiger partial charge in [-0.3, -0.25) is 4.79 Å². The van der Waals surface area contributed by atoms with E-state index in [1.807, 2.05) is 24.3 Å². The molecular weight excluding hydrogens is 352 g/mol. The molecule has 4 rings (SSSR count). The van der Waals surface area contributed by atoms with Crippen molar-refractivity contribution in [3.8, 4) is 17.9 Å². The van der Waals surface area contributed by atoms with E-state index in [4.69, 9.17) is 0 Å². The molecule has 0 radical (unpaired) electrons. The van der Waals surface area contributed by atoms with E-state index in [-0.39, 0.29) is 30.4 Å². The van der Waals surface area contributed by atoms with Gasteiger partial charge in [-0.2, -0.15) is 5.26 Å². The van der Waals surface area contributed by atoms with Crippen molar-refractivity contribution in [1.29, 1.82) is 5.26 Å². The van der Waals surface area contributed by atoms with Crippen molar-refractivity contribution >= 4 is 5.91 Å². The highest BCUT2D eigenvalue weighted by Crippen LogP contribution is 2.43. The van der Waals surface area contributed by atoms with Crippen molar-refractivity contribution in [3.63, 3.8) is 0 Å². The van der Waals surface area contributed by atoms with Crippen molar-refractivity contribution in [2.45, 2.75) is 68.5 Å². The Kier molecular flexibility index (Phi) is 5.15. The number of carbonyl (C=O) groups excluding carboxylic acids is 1. The molecule has 3 atom stereocenters. The first-order valence-corrected chi connectivity index (χ1v) is 10.2. The molecule has 1 amide bonds. The van der Waals surface area contributed by atoms with Crippen LogP contribution in [0.3, 0.4) is 0 Å². The number of nitrogens with zero attached hydrogens (tertiary/aromatic N) is 2. The molecule has 28 heavy (non-hydrogen) atoms. The predicted molar refractivity (Wildman–Crippen MR) is 104 cm³/mol. The number of hydrogen-bond donors (Lipinski definition) is 2. The molecule has 1 heterocycles. The Labute approximate surface area is 166 Å². The monoisotopic (exact) mass is 378 g/mol. The van der Waals surface area contributed by atoms with E-state index in [1.54, 1.807) is 4.90 Å². The van der Waals surface area contributed by atoms with Crippen LogP contribution in [0.4, 0.5) is 0 Å². The van der Waals surface area contributed by atoms with Crippen LogP contribution in [0.15, 0.2) is 24.3 Å². The molecule has 0 unspecified atom stereocenters. The summed E-state index contributed by atoms with van der Waals surface area (Å²) >= 11 is 0. The number of rotatable bonds is 3. The van der Waals surface area contributed by atoms with Gasteiger partial charge in [0.05, 0.1) is 18.7 Å². The summed E-state index contributed by atoms with van der Waals surface area (Å²) in [7, 11) is 0. The van der Waals surface area contributed by atoms with Gasteiger partial charge in [0.1, 0.15) is 11.6 Å². The number of carbonyl (C=O) groups is 1. The normalized spacial score (nSPS) is 28.5. The summed E-state index contributed by atoms with van der Waals surface area (Å²) in [5.41, 5.74) is 0.899. The molecule has 0 aromatic heterocycles. The second-order valence-corrected chi connectivity index (χ2v) is 8.33. The lowest BCUT2D eigenvalue weighted by Gasteiger charge is -2.53. The van der Waals surface area contributed by atoms with E-state index in [1.165, 1.54) is 0 Å². The molecule has 1 aromatic carbocycles. The second-order valence-electron chi connectivity index (χ2n) is 8.33. The van der Waals surface area contributed by atoms with Crippen LogP contribution in [-0.4, -0.2) is 45.3 Å². The van der Waals surface area contributed by atoms with Gasteiger partial charge in [-0.25, -0.2) is 0 Å². The fourth-order valence-corrected chi connectivity index (χ4v) is 4.64. The largest absolute Gasteiger partial charge is 0.394 e. The zero-order chi connectivity index (χ0) is 19.7. The van der Waals surface area contributed by atoms with Crippen molar-refractivity contribution in [2.75, 3.05) is 6.61 Å². The summed E-state index contributed by atoms with van der Waals surface area (Å²) in [6, 6.07) is 9.02. The SMILES string of the molecule is N#C[C@H]1[C@H](c2ccc(C#CC3(O)CCCC3)cc2)[C@H](CO)N1C(=O)C1CCC1. The molecule has 1 aromatic rings. The molecule has 2 N–H and O–H groups in total. The number of hydrogen-bond acceptors (Lipinski definition) is 4. The molecule has 3 fully saturated rings. The Balaban J connectivity index is 1.49. The van der Waals surface area contributed by atoms with E-state index >= 15 is 0 Å². The maximum atomic E-state index is 12.6. The molecule has 0 spiro atoms. The number of benzene rings is 1. The van der Waals surface area contributed by atoms with Gasteiger partial charge < -0.3 is 15.1 Å². The van der Waals surface area contributed by atoms with Gasteiger partial charge >= 0.3 is 0 Å². The lowest BCUT2D eigenvalue weighted by Crippen LogP contribution is -2.66. The summed E-state index contributed by atoms with van der Waals surface area (Å²) in [6.45, 7) is -0.143.